The summed E-state index contributed by atoms with van der Waals surface area (Å²) in [4.78, 5) is 28.7. The molecule has 0 aromatic heterocycles. The van der Waals surface area contributed by atoms with Gasteiger partial charge in [-0.1, -0.05) is 89.6 Å². The Hall–Kier alpha value is -2.57. The Bertz CT molecular complexity index is 1110. The minimum Gasteiger partial charge on any atom is -0.354 e. The van der Waals surface area contributed by atoms with Gasteiger partial charge in [0, 0.05) is 29.7 Å². The monoisotopic (exact) mass is 552 g/mol. The van der Waals surface area contributed by atoms with Gasteiger partial charge in [-0.2, -0.15) is 0 Å². The Labute approximate surface area is 221 Å². The molecule has 0 saturated heterocycles. The van der Waals surface area contributed by atoms with Gasteiger partial charge in [-0.05, 0) is 47.7 Å². The molecule has 3 aromatic rings. The van der Waals surface area contributed by atoms with E-state index in [0.717, 1.165) is 27.8 Å². The fraction of sp³-hybridized carbons (Fsp3) is 0.310. The van der Waals surface area contributed by atoms with Crippen LogP contribution in [-0.4, -0.2) is 35.1 Å². The van der Waals surface area contributed by atoms with E-state index in [9.17, 15) is 9.59 Å². The summed E-state index contributed by atoms with van der Waals surface area (Å²) in [5.74, 6) is 0.933. The molecule has 2 amide bonds. The zero-order valence-electron chi connectivity index (χ0n) is 20.4. The Balaban J connectivity index is 1.84. The molecule has 0 aliphatic rings. The fourth-order valence-corrected chi connectivity index (χ4v) is 5.29. The normalized spacial score (nSPS) is 11.6. The number of carbonyl (C=O) groups is 2. The lowest BCUT2D eigenvalue weighted by Crippen LogP contribution is -2.51. The molecule has 3 aromatic carbocycles. The van der Waals surface area contributed by atoms with Crippen molar-refractivity contribution in [1.29, 1.82) is 0 Å². The number of nitrogens with one attached hydrogen (secondary N) is 1. The Morgan fingerprint density at radius 3 is 2.40 bits per heavy atom. The van der Waals surface area contributed by atoms with Gasteiger partial charge < -0.3 is 10.2 Å². The summed E-state index contributed by atoms with van der Waals surface area (Å²) in [7, 11) is 0. The highest BCUT2D eigenvalue weighted by molar-refractivity contribution is 9.10. The van der Waals surface area contributed by atoms with Crippen LogP contribution in [0, 0.1) is 6.92 Å². The van der Waals surface area contributed by atoms with Crippen molar-refractivity contribution in [2.24, 2.45) is 0 Å². The van der Waals surface area contributed by atoms with Gasteiger partial charge in [-0.15, -0.1) is 11.8 Å². The van der Waals surface area contributed by atoms with Gasteiger partial charge in [0.25, 0.3) is 0 Å². The first-order valence-electron chi connectivity index (χ1n) is 12.0. The standard InChI is InChI=1S/C29H33BrN2O2S/c1-3-16-31-29(34)27(18-23-11-5-4-6-12-23)32(19-24-13-9-15-26(30)17-24)28(33)21-35-20-25-14-8-7-10-22(25)2/h4-15,17,27H,3,16,18-21H2,1-2H3,(H,31,34)/t27-/m0/s1. The van der Waals surface area contributed by atoms with Crippen molar-refractivity contribution in [2.75, 3.05) is 12.3 Å². The Kier molecular flexibility index (Phi) is 10.9. The van der Waals surface area contributed by atoms with E-state index in [1.165, 1.54) is 11.1 Å². The number of carbonyl (C=O) groups excluding carboxylic acids is 2. The van der Waals surface area contributed by atoms with Crippen molar-refractivity contribution in [2.45, 2.75) is 45.0 Å². The zero-order valence-corrected chi connectivity index (χ0v) is 22.8. The Morgan fingerprint density at radius 1 is 0.971 bits per heavy atom. The quantitative estimate of drug-likeness (QED) is 0.293. The van der Waals surface area contributed by atoms with Crippen LogP contribution in [0.3, 0.4) is 0 Å². The third kappa shape index (κ3) is 8.55. The van der Waals surface area contributed by atoms with Gasteiger partial charge in [0.1, 0.15) is 6.04 Å². The average Bonchev–Trinajstić information content (AvgIpc) is 2.86. The lowest BCUT2D eigenvalue weighted by molar-refractivity contribution is -0.139. The first kappa shape index (κ1) is 27.0. The summed E-state index contributed by atoms with van der Waals surface area (Å²) in [6.45, 7) is 5.08. The number of benzene rings is 3. The molecule has 0 unspecified atom stereocenters. The molecule has 0 saturated carbocycles. The van der Waals surface area contributed by atoms with Crippen LogP contribution in [0.25, 0.3) is 0 Å². The fourth-order valence-electron chi connectivity index (χ4n) is 3.86. The van der Waals surface area contributed by atoms with E-state index in [1.807, 2.05) is 73.7 Å². The maximum absolute atomic E-state index is 13.6. The molecule has 0 heterocycles. The van der Waals surface area contributed by atoms with Crippen molar-refractivity contribution in [1.82, 2.24) is 10.2 Å². The summed E-state index contributed by atoms with van der Waals surface area (Å²) >= 11 is 5.12. The third-order valence-corrected chi connectivity index (χ3v) is 7.27. The second-order valence-electron chi connectivity index (χ2n) is 8.57. The summed E-state index contributed by atoms with van der Waals surface area (Å²) in [5, 5.41) is 3.03. The number of rotatable bonds is 12. The maximum atomic E-state index is 13.6. The van der Waals surface area contributed by atoms with Gasteiger partial charge in [0.15, 0.2) is 0 Å². The largest absolute Gasteiger partial charge is 0.354 e. The van der Waals surface area contributed by atoms with Crippen LogP contribution in [-0.2, 0) is 28.3 Å². The number of amides is 2. The molecule has 35 heavy (non-hydrogen) atoms. The molecule has 1 atom stereocenters. The number of hydrogen-bond donors (Lipinski definition) is 1. The van der Waals surface area contributed by atoms with Crippen molar-refractivity contribution in [3.8, 4) is 0 Å². The van der Waals surface area contributed by atoms with Gasteiger partial charge in [0.2, 0.25) is 11.8 Å². The number of nitrogens with zero attached hydrogens (tertiary/aromatic N) is 1. The maximum Gasteiger partial charge on any atom is 0.243 e. The molecular formula is C29H33BrN2O2S. The van der Waals surface area contributed by atoms with Crippen molar-refractivity contribution in [3.63, 3.8) is 0 Å². The minimum atomic E-state index is -0.588. The highest BCUT2D eigenvalue weighted by Crippen LogP contribution is 2.21. The summed E-state index contributed by atoms with van der Waals surface area (Å²) in [6, 6.07) is 25.5. The number of thioether (sulfide) groups is 1. The highest BCUT2D eigenvalue weighted by atomic mass is 79.9. The topological polar surface area (TPSA) is 49.4 Å². The summed E-state index contributed by atoms with van der Waals surface area (Å²) < 4.78 is 0.950. The third-order valence-electron chi connectivity index (χ3n) is 5.81. The average molecular weight is 554 g/mol. The van der Waals surface area contributed by atoms with Crippen LogP contribution in [0.4, 0.5) is 0 Å². The number of hydrogen-bond acceptors (Lipinski definition) is 3. The second-order valence-corrected chi connectivity index (χ2v) is 10.5. The van der Waals surface area contributed by atoms with Gasteiger partial charge >= 0.3 is 0 Å². The van der Waals surface area contributed by atoms with Crippen molar-refractivity contribution >= 4 is 39.5 Å². The molecule has 0 radical (unpaired) electrons. The molecule has 6 heteroatoms. The molecular weight excluding hydrogens is 520 g/mol. The molecule has 0 spiro atoms. The van der Waals surface area contributed by atoms with Crippen LogP contribution < -0.4 is 5.32 Å². The van der Waals surface area contributed by atoms with Crippen molar-refractivity contribution < 1.29 is 9.59 Å². The highest BCUT2D eigenvalue weighted by Gasteiger charge is 2.30. The van der Waals surface area contributed by atoms with Crippen LogP contribution in [0.2, 0.25) is 0 Å². The molecule has 0 aliphatic carbocycles. The molecule has 0 fully saturated rings. The first-order valence-corrected chi connectivity index (χ1v) is 13.9. The van der Waals surface area contributed by atoms with Crippen LogP contribution in [0.5, 0.6) is 0 Å². The van der Waals surface area contributed by atoms with Crippen LogP contribution in [0.15, 0.2) is 83.3 Å². The van der Waals surface area contributed by atoms with Gasteiger partial charge in [-0.25, -0.2) is 0 Å². The predicted octanol–water partition coefficient (Wildman–Crippen LogP) is 6.16. The van der Waals surface area contributed by atoms with E-state index in [2.05, 4.69) is 40.3 Å². The Morgan fingerprint density at radius 2 is 1.69 bits per heavy atom. The molecule has 3 rings (SSSR count). The first-order chi connectivity index (χ1) is 17.0. The van der Waals surface area contributed by atoms with Crippen LogP contribution in [0.1, 0.15) is 35.6 Å². The van der Waals surface area contributed by atoms with E-state index < -0.39 is 6.04 Å². The number of halogens is 1. The smallest absolute Gasteiger partial charge is 0.243 e. The van der Waals surface area contributed by atoms with E-state index in [-0.39, 0.29) is 11.8 Å². The van der Waals surface area contributed by atoms with Gasteiger partial charge in [-0.3, -0.25) is 9.59 Å². The predicted molar refractivity (Wildman–Crippen MR) is 149 cm³/mol. The molecule has 0 bridgehead atoms. The molecule has 0 aliphatic heterocycles. The van der Waals surface area contributed by atoms with E-state index in [4.69, 9.17) is 0 Å². The lowest BCUT2D eigenvalue weighted by Gasteiger charge is -2.31. The van der Waals surface area contributed by atoms with E-state index >= 15 is 0 Å². The summed E-state index contributed by atoms with van der Waals surface area (Å²) in [6.07, 6.45) is 1.31. The van der Waals surface area contributed by atoms with E-state index in [0.29, 0.717) is 25.3 Å². The molecule has 1 N–H and O–H groups in total. The molecule has 4 nitrogen and oxygen atoms in total. The van der Waals surface area contributed by atoms with Gasteiger partial charge in [0.05, 0.1) is 5.75 Å². The summed E-state index contributed by atoms with van der Waals surface area (Å²) in [5.41, 5.74) is 4.46. The van der Waals surface area contributed by atoms with Crippen LogP contribution >= 0.6 is 27.7 Å². The number of aryl methyl sites for hydroxylation is 1. The van der Waals surface area contributed by atoms with Crippen molar-refractivity contribution in [3.05, 3.63) is 106 Å². The second kappa shape index (κ2) is 14.1. The van der Waals surface area contributed by atoms with E-state index in [1.54, 1.807) is 16.7 Å². The molecule has 184 valence electrons. The minimum absolute atomic E-state index is 0.0314. The SMILES string of the molecule is CCCNC(=O)[C@H](Cc1ccccc1)N(Cc1cccc(Br)c1)C(=O)CSCc1ccccc1C. The lowest BCUT2D eigenvalue weighted by atomic mass is 10.0. The zero-order chi connectivity index (χ0) is 25.0.